The maximum atomic E-state index is 12.3. The predicted molar refractivity (Wildman–Crippen MR) is 126 cm³/mol. The summed E-state index contributed by atoms with van der Waals surface area (Å²) >= 11 is 5.63. The van der Waals surface area contributed by atoms with Crippen LogP contribution in [0.2, 0.25) is 0 Å². The molecule has 0 atom stereocenters. The van der Waals surface area contributed by atoms with E-state index >= 15 is 0 Å². The zero-order chi connectivity index (χ0) is 21.7. The summed E-state index contributed by atoms with van der Waals surface area (Å²) < 4.78 is 5.45. The summed E-state index contributed by atoms with van der Waals surface area (Å²) in [5.41, 5.74) is 3.64. The molecular weight excluding hydrogens is 394 g/mol. The van der Waals surface area contributed by atoms with E-state index in [1.165, 1.54) is 5.56 Å². The minimum atomic E-state index is -0.518. The molecule has 0 aliphatic heterocycles. The first-order valence-electron chi connectivity index (χ1n) is 10.2. The Morgan fingerprint density at radius 3 is 2.70 bits per heavy atom. The number of aromatic amines is 1. The lowest BCUT2D eigenvalue weighted by Gasteiger charge is -2.25. The van der Waals surface area contributed by atoms with Crippen molar-refractivity contribution in [3.05, 3.63) is 59.9 Å². The number of carbonyl (C=O) groups is 1. The van der Waals surface area contributed by atoms with E-state index in [-0.39, 0.29) is 6.09 Å². The second-order valence-corrected chi connectivity index (χ2v) is 9.04. The molecule has 3 rings (SSSR count). The quantitative estimate of drug-likeness (QED) is 0.483. The lowest BCUT2D eigenvalue weighted by atomic mass is 10.0. The van der Waals surface area contributed by atoms with Gasteiger partial charge in [0.2, 0.25) is 0 Å². The molecular formula is C24H29N3O2S. The molecule has 6 heteroatoms. The highest BCUT2D eigenvalue weighted by Gasteiger charge is 2.20. The average Bonchev–Trinajstić information content (AvgIpc) is 3.18. The summed E-state index contributed by atoms with van der Waals surface area (Å²) in [6.07, 6.45) is 6.88. The van der Waals surface area contributed by atoms with Crippen LogP contribution in [-0.2, 0) is 17.6 Å². The van der Waals surface area contributed by atoms with Gasteiger partial charge in [0.25, 0.3) is 0 Å². The molecule has 0 saturated carbocycles. The number of nitrogens with one attached hydrogen (secondary N) is 1. The first-order valence-corrected chi connectivity index (χ1v) is 10.6. The second-order valence-electron chi connectivity index (χ2n) is 8.46. The van der Waals surface area contributed by atoms with Crippen LogP contribution in [0.25, 0.3) is 11.0 Å². The zero-order valence-electron chi connectivity index (χ0n) is 18.1. The maximum absolute atomic E-state index is 12.3. The smallest absolute Gasteiger partial charge is 0.414 e. The van der Waals surface area contributed by atoms with Gasteiger partial charge in [0.15, 0.2) is 0 Å². The van der Waals surface area contributed by atoms with Crippen LogP contribution in [0.1, 0.15) is 44.7 Å². The van der Waals surface area contributed by atoms with Crippen molar-refractivity contribution >= 4 is 39.9 Å². The number of benzene rings is 1. The van der Waals surface area contributed by atoms with Crippen molar-refractivity contribution in [3.8, 4) is 0 Å². The zero-order valence-corrected chi connectivity index (χ0v) is 18.9. The molecule has 0 saturated heterocycles. The molecule has 0 bridgehead atoms. The number of rotatable bonds is 7. The predicted octanol–water partition coefficient (Wildman–Crippen LogP) is 5.87. The van der Waals surface area contributed by atoms with Gasteiger partial charge in [-0.05, 0) is 86.7 Å². The van der Waals surface area contributed by atoms with Crippen LogP contribution in [0, 0.1) is 0 Å². The Kier molecular flexibility index (Phi) is 6.87. The fraction of sp³-hybridized carbons (Fsp3) is 0.375. The van der Waals surface area contributed by atoms with E-state index < -0.39 is 5.60 Å². The lowest BCUT2D eigenvalue weighted by Crippen LogP contribution is -2.34. The number of nitrogens with zero attached hydrogens (tertiary/aromatic N) is 2. The van der Waals surface area contributed by atoms with E-state index in [0.29, 0.717) is 0 Å². The monoisotopic (exact) mass is 423 g/mol. The number of fused-ring (bicyclic) bond motifs is 1. The topological polar surface area (TPSA) is 58.2 Å². The highest BCUT2D eigenvalue weighted by molar-refractivity contribution is 7.80. The molecule has 2 heterocycles. The van der Waals surface area contributed by atoms with Gasteiger partial charge in [-0.1, -0.05) is 24.4 Å². The van der Waals surface area contributed by atoms with E-state index in [1.807, 2.05) is 51.4 Å². The molecule has 0 aliphatic carbocycles. The average molecular weight is 424 g/mol. The SMILES string of the molecule is CN(C(=O)OC(C)(C)C)c1cccc(CCC(=S)CCc2ccnc3[nH]ccc23)c1. The Morgan fingerprint density at radius 1 is 1.17 bits per heavy atom. The van der Waals surface area contributed by atoms with Crippen molar-refractivity contribution in [2.24, 2.45) is 0 Å². The van der Waals surface area contributed by atoms with Gasteiger partial charge in [0, 0.05) is 30.5 Å². The first-order chi connectivity index (χ1) is 14.2. The molecule has 0 aliphatic rings. The number of hydrogen-bond donors (Lipinski definition) is 1. The molecule has 1 amide bonds. The lowest BCUT2D eigenvalue weighted by molar-refractivity contribution is 0.0589. The van der Waals surface area contributed by atoms with E-state index in [2.05, 4.69) is 28.2 Å². The number of hydrogen-bond acceptors (Lipinski definition) is 4. The highest BCUT2D eigenvalue weighted by Crippen LogP contribution is 2.20. The number of anilines is 1. The van der Waals surface area contributed by atoms with E-state index in [1.54, 1.807) is 11.9 Å². The molecule has 2 aromatic heterocycles. The van der Waals surface area contributed by atoms with Crippen LogP contribution in [0.5, 0.6) is 0 Å². The van der Waals surface area contributed by atoms with E-state index in [0.717, 1.165) is 52.8 Å². The van der Waals surface area contributed by atoms with Gasteiger partial charge in [-0.3, -0.25) is 4.90 Å². The van der Waals surface area contributed by atoms with E-state index in [4.69, 9.17) is 17.0 Å². The van der Waals surface area contributed by atoms with Crippen LogP contribution in [0.15, 0.2) is 48.8 Å². The van der Waals surface area contributed by atoms with Crippen LogP contribution < -0.4 is 4.90 Å². The third-order valence-electron chi connectivity index (χ3n) is 4.88. The van der Waals surface area contributed by atoms with Gasteiger partial charge in [-0.15, -0.1) is 0 Å². The molecule has 5 nitrogen and oxygen atoms in total. The number of amides is 1. The van der Waals surface area contributed by atoms with Crippen molar-refractivity contribution in [2.45, 2.75) is 52.1 Å². The molecule has 3 aromatic rings. The van der Waals surface area contributed by atoms with Gasteiger partial charge < -0.3 is 9.72 Å². The minimum absolute atomic E-state index is 0.358. The van der Waals surface area contributed by atoms with Crippen LogP contribution in [-0.4, -0.2) is 33.6 Å². The first kappa shape index (κ1) is 22.0. The molecule has 0 unspecified atom stereocenters. The fourth-order valence-corrected chi connectivity index (χ4v) is 3.48. The maximum Gasteiger partial charge on any atom is 0.414 e. The largest absolute Gasteiger partial charge is 0.443 e. The van der Waals surface area contributed by atoms with Crippen molar-refractivity contribution in [1.29, 1.82) is 0 Å². The van der Waals surface area contributed by atoms with Crippen LogP contribution in [0.4, 0.5) is 10.5 Å². The number of aryl methyl sites for hydroxylation is 2. The van der Waals surface area contributed by atoms with E-state index in [9.17, 15) is 4.79 Å². The minimum Gasteiger partial charge on any atom is -0.443 e. The molecule has 0 radical (unpaired) electrons. The Bertz CT molecular complexity index is 1040. The van der Waals surface area contributed by atoms with Crippen LogP contribution >= 0.6 is 12.2 Å². The molecule has 1 N–H and O–H groups in total. The highest BCUT2D eigenvalue weighted by atomic mass is 32.1. The third kappa shape index (κ3) is 5.89. The number of thiocarbonyl (C=S) groups is 1. The van der Waals surface area contributed by atoms with Crippen LogP contribution in [0.3, 0.4) is 0 Å². The summed E-state index contributed by atoms with van der Waals surface area (Å²) in [6.45, 7) is 5.59. The summed E-state index contributed by atoms with van der Waals surface area (Å²) in [4.78, 5) is 22.4. The number of aromatic nitrogens is 2. The number of ether oxygens (including phenoxy) is 1. The Hall–Kier alpha value is -2.73. The standard InChI is InChI=1S/C24H29N3O2S/c1-24(2,3)29-23(28)27(4)19-7-5-6-17(16-19)8-10-20(30)11-9-18-12-14-25-22-21(18)13-15-26-22/h5-7,12-16H,8-11H2,1-4H3,(H,25,26). The van der Waals surface area contributed by atoms with Crippen molar-refractivity contribution in [1.82, 2.24) is 9.97 Å². The molecule has 0 fully saturated rings. The molecule has 30 heavy (non-hydrogen) atoms. The Morgan fingerprint density at radius 2 is 1.93 bits per heavy atom. The summed E-state index contributed by atoms with van der Waals surface area (Å²) in [5.74, 6) is 0. The van der Waals surface area contributed by atoms with Gasteiger partial charge in [0.1, 0.15) is 11.2 Å². The normalized spacial score (nSPS) is 11.5. The summed E-state index contributed by atoms with van der Waals surface area (Å²) in [6, 6.07) is 12.1. The second kappa shape index (κ2) is 9.39. The molecule has 0 spiro atoms. The van der Waals surface area contributed by atoms with Gasteiger partial charge in [-0.25, -0.2) is 9.78 Å². The van der Waals surface area contributed by atoms with Crippen molar-refractivity contribution in [2.75, 3.05) is 11.9 Å². The number of pyridine rings is 1. The third-order valence-corrected chi connectivity index (χ3v) is 5.29. The number of H-pyrrole nitrogens is 1. The van der Waals surface area contributed by atoms with Crippen molar-refractivity contribution < 1.29 is 9.53 Å². The number of carbonyl (C=O) groups excluding carboxylic acids is 1. The van der Waals surface area contributed by atoms with Gasteiger partial charge >= 0.3 is 6.09 Å². The summed E-state index contributed by atoms with van der Waals surface area (Å²) in [7, 11) is 1.73. The van der Waals surface area contributed by atoms with Crippen molar-refractivity contribution in [3.63, 3.8) is 0 Å². The van der Waals surface area contributed by atoms with Gasteiger partial charge in [-0.2, -0.15) is 0 Å². The Labute approximate surface area is 183 Å². The molecule has 158 valence electrons. The molecule has 1 aromatic carbocycles. The Balaban J connectivity index is 1.54. The fourth-order valence-electron chi connectivity index (χ4n) is 3.28. The summed E-state index contributed by atoms with van der Waals surface area (Å²) in [5, 5.41) is 1.16. The van der Waals surface area contributed by atoms with Gasteiger partial charge in [0.05, 0.1) is 0 Å².